The standard InChI is InChI=1S/C8H5NO6.C7H15N2/c10-7(11)4-2-1-3-5(9(14)15)6(4)8(12)13;1-6-5-8(3)7(2)9(6)4/h1-3H,(H,10,11)(H,12,13);6H,5H2,1-4H3/q;+1/p-1. The van der Waals surface area contributed by atoms with Crippen molar-refractivity contribution < 1.29 is 29.3 Å². The fourth-order valence-electron chi connectivity index (χ4n) is 2.33. The van der Waals surface area contributed by atoms with Gasteiger partial charge in [-0.1, -0.05) is 12.1 Å². The molecule has 130 valence electrons. The van der Waals surface area contributed by atoms with Gasteiger partial charge < -0.3 is 15.0 Å². The van der Waals surface area contributed by atoms with Gasteiger partial charge in [0.15, 0.2) is 0 Å². The van der Waals surface area contributed by atoms with Crippen LogP contribution in [0.5, 0.6) is 0 Å². The van der Waals surface area contributed by atoms with E-state index in [-0.39, 0.29) is 0 Å². The summed E-state index contributed by atoms with van der Waals surface area (Å²) in [6, 6.07) is 3.62. The van der Waals surface area contributed by atoms with Crippen LogP contribution >= 0.6 is 0 Å². The van der Waals surface area contributed by atoms with Crippen molar-refractivity contribution >= 4 is 23.5 Å². The molecule has 0 fully saturated rings. The third-order valence-electron chi connectivity index (χ3n) is 3.94. The number of nitrogens with zero attached hydrogens (tertiary/aromatic N) is 3. The summed E-state index contributed by atoms with van der Waals surface area (Å²) in [6.07, 6.45) is 0. The van der Waals surface area contributed by atoms with E-state index in [0.29, 0.717) is 6.04 Å². The topological polar surface area (TPSA) is 127 Å². The Hall–Kier alpha value is -2.97. The number of hydrogen-bond donors (Lipinski definition) is 1. The van der Waals surface area contributed by atoms with Crippen LogP contribution < -0.4 is 5.11 Å². The second kappa shape index (κ2) is 7.53. The van der Waals surface area contributed by atoms with E-state index in [2.05, 4.69) is 37.4 Å². The Morgan fingerprint density at radius 3 is 2.29 bits per heavy atom. The molecule has 1 aromatic carbocycles. The second-order valence-corrected chi connectivity index (χ2v) is 5.44. The Kier molecular flexibility index (Phi) is 5.99. The number of likely N-dealkylation sites (N-methyl/N-ethyl adjacent to an activating group) is 2. The molecule has 9 nitrogen and oxygen atoms in total. The molecule has 1 N–H and O–H groups in total. The SMILES string of the molecule is CC1=[N+](C)CC(C)N1C.O=C([O-])c1cccc([N+](=O)[O-])c1C(=O)O. The number of hydrogen-bond acceptors (Lipinski definition) is 6. The van der Waals surface area contributed by atoms with E-state index in [0.717, 1.165) is 18.2 Å². The second-order valence-electron chi connectivity index (χ2n) is 5.44. The number of aromatic carboxylic acids is 2. The Balaban J connectivity index is 0.000000272. The fourth-order valence-corrected chi connectivity index (χ4v) is 2.33. The molecule has 0 saturated heterocycles. The highest BCUT2D eigenvalue weighted by Crippen LogP contribution is 2.21. The Bertz CT molecular complexity index is 681. The van der Waals surface area contributed by atoms with Crippen molar-refractivity contribution in [1.82, 2.24) is 4.90 Å². The maximum Gasteiger partial charge on any atom is 0.343 e. The Morgan fingerprint density at radius 2 is 2.00 bits per heavy atom. The van der Waals surface area contributed by atoms with Gasteiger partial charge in [-0.05, 0) is 6.92 Å². The predicted octanol–water partition coefficient (Wildman–Crippen LogP) is 0.0375. The van der Waals surface area contributed by atoms with Crippen molar-refractivity contribution in [2.45, 2.75) is 19.9 Å². The first-order valence-corrected chi connectivity index (χ1v) is 7.07. The van der Waals surface area contributed by atoms with E-state index >= 15 is 0 Å². The summed E-state index contributed by atoms with van der Waals surface area (Å²) in [4.78, 5) is 32.9. The number of carboxylic acids is 2. The van der Waals surface area contributed by atoms with E-state index in [1.165, 1.54) is 12.4 Å². The third-order valence-corrected chi connectivity index (χ3v) is 3.94. The molecular formula is C15H19N3O6. The van der Waals surface area contributed by atoms with E-state index < -0.39 is 33.7 Å². The fraction of sp³-hybridized carbons (Fsp3) is 0.400. The van der Waals surface area contributed by atoms with Gasteiger partial charge in [0.05, 0.1) is 25.0 Å². The summed E-state index contributed by atoms with van der Waals surface area (Å²) in [7, 11) is 4.28. The smallest absolute Gasteiger partial charge is 0.343 e. The number of nitro benzene ring substituents is 1. The number of carbonyl (C=O) groups is 2. The minimum absolute atomic E-state index is 0.690. The minimum Gasteiger partial charge on any atom is -0.545 e. The van der Waals surface area contributed by atoms with Crippen molar-refractivity contribution in [3.63, 3.8) is 0 Å². The van der Waals surface area contributed by atoms with Crippen molar-refractivity contribution in [2.24, 2.45) is 0 Å². The zero-order valence-corrected chi connectivity index (χ0v) is 13.8. The van der Waals surface area contributed by atoms with Gasteiger partial charge >= 0.3 is 5.97 Å². The molecule has 0 radical (unpaired) electrons. The lowest BCUT2D eigenvalue weighted by Crippen LogP contribution is -2.28. The van der Waals surface area contributed by atoms with E-state index in [9.17, 15) is 24.8 Å². The van der Waals surface area contributed by atoms with Crippen LogP contribution in [-0.2, 0) is 0 Å². The average molecular weight is 337 g/mol. The average Bonchev–Trinajstić information content (AvgIpc) is 2.73. The summed E-state index contributed by atoms with van der Waals surface area (Å²) in [5.74, 6) is -2.07. The Labute approximate surface area is 138 Å². The molecule has 0 saturated carbocycles. The molecule has 1 atom stereocenters. The normalized spacial score (nSPS) is 16.5. The minimum atomic E-state index is -1.77. The first-order valence-electron chi connectivity index (χ1n) is 7.07. The predicted molar refractivity (Wildman–Crippen MR) is 83.3 cm³/mol. The summed E-state index contributed by atoms with van der Waals surface area (Å²) < 4.78 is 2.28. The molecule has 24 heavy (non-hydrogen) atoms. The highest BCUT2D eigenvalue weighted by Gasteiger charge is 2.27. The molecule has 0 bridgehead atoms. The van der Waals surface area contributed by atoms with Gasteiger partial charge in [-0.15, -0.1) is 0 Å². The van der Waals surface area contributed by atoms with Gasteiger partial charge in [-0.25, -0.2) is 4.79 Å². The molecule has 1 aliphatic rings. The maximum atomic E-state index is 10.7. The number of carboxylic acid groups (broad SMARTS) is 2. The van der Waals surface area contributed by atoms with Gasteiger partial charge in [0.2, 0.25) is 5.84 Å². The van der Waals surface area contributed by atoms with Crippen molar-refractivity contribution in [1.29, 1.82) is 0 Å². The van der Waals surface area contributed by atoms with Gasteiger partial charge in [-0.3, -0.25) is 19.6 Å². The van der Waals surface area contributed by atoms with Crippen LogP contribution in [0.4, 0.5) is 5.69 Å². The van der Waals surface area contributed by atoms with Gasteiger partial charge in [0.1, 0.15) is 18.2 Å². The van der Waals surface area contributed by atoms with Crippen LogP contribution in [0.3, 0.4) is 0 Å². The molecule has 0 aromatic heterocycles. The highest BCUT2D eigenvalue weighted by atomic mass is 16.6. The molecule has 0 amide bonds. The first kappa shape index (κ1) is 19.1. The zero-order chi connectivity index (χ0) is 18.6. The van der Waals surface area contributed by atoms with E-state index in [1.54, 1.807) is 0 Å². The third kappa shape index (κ3) is 4.06. The van der Waals surface area contributed by atoms with Gasteiger partial charge in [0.25, 0.3) is 5.69 Å². The number of carbonyl (C=O) groups excluding carboxylic acids is 1. The molecule has 9 heteroatoms. The number of nitro groups is 1. The quantitative estimate of drug-likeness (QED) is 0.468. The van der Waals surface area contributed by atoms with Crippen molar-refractivity contribution in [3.05, 3.63) is 39.4 Å². The summed E-state index contributed by atoms with van der Waals surface area (Å²) in [5.41, 5.74) is -2.36. The molecular weight excluding hydrogens is 318 g/mol. The molecule has 1 unspecified atom stereocenters. The number of benzene rings is 1. The van der Waals surface area contributed by atoms with Crippen LogP contribution in [0, 0.1) is 10.1 Å². The number of rotatable bonds is 3. The Morgan fingerprint density at radius 1 is 1.42 bits per heavy atom. The van der Waals surface area contributed by atoms with Crippen LogP contribution in [0.1, 0.15) is 34.6 Å². The maximum absolute atomic E-state index is 10.7. The van der Waals surface area contributed by atoms with Crippen LogP contribution in [0.2, 0.25) is 0 Å². The van der Waals surface area contributed by atoms with Gasteiger partial charge in [-0.2, -0.15) is 0 Å². The van der Waals surface area contributed by atoms with Crippen LogP contribution in [0.15, 0.2) is 18.2 Å². The summed E-state index contributed by atoms with van der Waals surface area (Å²) >= 11 is 0. The molecule has 1 aliphatic heterocycles. The molecule has 0 aliphatic carbocycles. The van der Waals surface area contributed by atoms with Crippen molar-refractivity contribution in [3.8, 4) is 0 Å². The van der Waals surface area contributed by atoms with Gasteiger partial charge in [0, 0.05) is 18.6 Å². The zero-order valence-electron chi connectivity index (χ0n) is 13.8. The molecule has 1 heterocycles. The van der Waals surface area contributed by atoms with Crippen LogP contribution in [0.25, 0.3) is 0 Å². The summed E-state index contributed by atoms with van der Waals surface area (Å²) in [6.45, 7) is 5.57. The lowest BCUT2D eigenvalue weighted by Gasteiger charge is -2.07. The molecule has 2 rings (SSSR count). The largest absolute Gasteiger partial charge is 0.545 e. The molecule has 0 spiro atoms. The van der Waals surface area contributed by atoms with Crippen molar-refractivity contribution in [2.75, 3.05) is 20.6 Å². The van der Waals surface area contributed by atoms with Crippen LogP contribution in [-0.4, -0.2) is 64.0 Å². The monoisotopic (exact) mass is 337 g/mol. The molecule has 1 aromatic rings. The van der Waals surface area contributed by atoms with E-state index in [4.69, 9.17) is 5.11 Å². The number of amidine groups is 1. The summed E-state index contributed by atoms with van der Waals surface area (Å²) in [5, 5.41) is 29.6. The first-order chi connectivity index (χ1) is 11.1. The lowest BCUT2D eigenvalue weighted by atomic mass is 10.1. The lowest BCUT2D eigenvalue weighted by molar-refractivity contribution is -0.490. The highest BCUT2D eigenvalue weighted by molar-refractivity contribution is 6.03. The van der Waals surface area contributed by atoms with E-state index in [1.807, 2.05) is 0 Å².